The van der Waals surface area contributed by atoms with Gasteiger partial charge in [-0.2, -0.15) is 0 Å². The van der Waals surface area contributed by atoms with Crippen LogP contribution in [-0.2, 0) is 11.2 Å². The van der Waals surface area contributed by atoms with Crippen LogP contribution in [0.1, 0.15) is 5.56 Å². The third kappa shape index (κ3) is 3.90. The molecule has 116 valence electrons. The van der Waals surface area contributed by atoms with E-state index in [1.165, 1.54) is 0 Å². The number of hydrogen-bond donors (Lipinski definition) is 1. The van der Waals surface area contributed by atoms with E-state index in [9.17, 15) is 9.90 Å². The van der Waals surface area contributed by atoms with Crippen LogP contribution in [0, 0.1) is 0 Å². The number of benzene rings is 3. The Hall–Kier alpha value is -2.33. The molecule has 3 nitrogen and oxygen atoms in total. The van der Waals surface area contributed by atoms with Crippen molar-refractivity contribution in [2.45, 2.75) is 12.5 Å². The van der Waals surface area contributed by atoms with E-state index >= 15 is 0 Å². The average Bonchev–Trinajstić information content (AvgIpc) is 2.56. The van der Waals surface area contributed by atoms with Crippen LogP contribution in [0.5, 0.6) is 5.75 Å². The number of halogens is 1. The number of ether oxygens (including phenoxy) is 1. The Morgan fingerprint density at radius 3 is 2.39 bits per heavy atom. The second-order valence-electron chi connectivity index (χ2n) is 5.28. The lowest BCUT2D eigenvalue weighted by atomic mass is 10.1. The van der Waals surface area contributed by atoms with Gasteiger partial charge in [-0.25, -0.2) is 4.79 Å². The van der Waals surface area contributed by atoms with E-state index in [0.29, 0.717) is 12.2 Å². The molecule has 0 aromatic heterocycles. The Balaban J connectivity index is 1.80. The summed E-state index contributed by atoms with van der Waals surface area (Å²) in [6.45, 7) is 0. The zero-order valence-corrected chi connectivity index (χ0v) is 13.9. The van der Waals surface area contributed by atoms with Gasteiger partial charge in [0.2, 0.25) is 0 Å². The minimum atomic E-state index is -0.971. The molecule has 1 N–H and O–H groups in total. The van der Waals surface area contributed by atoms with Gasteiger partial charge in [0.05, 0.1) is 0 Å². The monoisotopic (exact) mass is 370 g/mol. The van der Waals surface area contributed by atoms with Gasteiger partial charge in [0.1, 0.15) is 5.75 Å². The molecule has 0 saturated carbocycles. The Kier molecular flexibility index (Phi) is 4.63. The second-order valence-corrected chi connectivity index (χ2v) is 6.20. The molecule has 0 amide bonds. The van der Waals surface area contributed by atoms with Crippen molar-refractivity contribution in [1.29, 1.82) is 0 Å². The molecular weight excluding hydrogens is 356 g/mol. The fraction of sp³-hybridized carbons (Fsp3) is 0.105. The van der Waals surface area contributed by atoms with Crippen LogP contribution in [0.2, 0.25) is 0 Å². The molecule has 0 saturated heterocycles. The van der Waals surface area contributed by atoms with Crippen LogP contribution in [-0.4, -0.2) is 17.2 Å². The normalized spacial score (nSPS) is 12.0. The molecule has 0 radical (unpaired) electrons. The summed E-state index contributed by atoms with van der Waals surface area (Å²) in [6, 6.07) is 21.1. The van der Waals surface area contributed by atoms with Crippen molar-refractivity contribution in [3.8, 4) is 5.75 Å². The van der Waals surface area contributed by atoms with Gasteiger partial charge in [-0.3, -0.25) is 0 Å². The summed E-state index contributed by atoms with van der Waals surface area (Å²) in [4.78, 5) is 11.5. The highest BCUT2D eigenvalue weighted by molar-refractivity contribution is 9.10. The Bertz CT molecular complexity index is 827. The van der Waals surface area contributed by atoms with Crippen LogP contribution in [0.25, 0.3) is 10.8 Å². The first-order chi connectivity index (χ1) is 11.1. The molecule has 3 aromatic rings. The molecule has 0 aliphatic rings. The second kappa shape index (κ2) is 6.84. The lowest BCUT2D eigenvalue weighted by molar-refractivity contribution is -0.145. The highest BCUT2D eigenvalue weighted by Gasteiger charge is 2.20. The molecule has 0 spiro atoms. The third-order valence-electron chi connectivity index (χ3n) is 3.61. The lowest BCUT2D eigenvalue weighted by Gasteiger charge is -2.16. The zero-order valence-electron chi connectivity index (χ0n) is 12.3. The van der Waals surface area contributed by atoms with Crippen molar-refractivity contribution >= 4 is 32.7 Å². The Labute approximate surface area is 142 Å². The van der Waals surface area contributed by atoms with Crippen molar-refractivity contribution in [1.82, 2.24) is 0 Å². The number of carboxylic acids is 1. The van der Waals surface area contributed by atoms with Crippen molar-refractivity contribution in [2.75, 3.05) is 0 Å². The van der Waals surface area contributed by atoms with E-state index in [2.05, 4.69) is 15.9 Å². The van der Waals surface area contributed by atoms with Crippen LogP contribution in [0.4, 0.5) is 0 Å². The molecule has 1 atom stereocenters. The summed E-state index contributed by atoms with van der Waals surface area (Å²) in [7, 11) is 0. The smallest absolute Gasteiger partial charge is 0.345 e. The highest BCUT2D eigenvalue weighted by atomic mass is 79.9. The minimum Gasteiger partial charge on any atom is -0.478 e. The predicted octanol–water partition coefficient (Wildman–Crippen LogP) is 4.68. The SMILES string of the molecule is O=C(O)[C@@H](Cc1ccc(Br)cc1)Oc1ccc2ccccc2c1. The molecule has 4 heteroatoms. The van der Waals surface area contributed by atoms with Crippen molar-refractivity contribution in [3.63, 3.8) is 0 Å². The molecular formula is C19H15BrO3. The van der Waals surface area contributed by atoms with Gasteiger partial charge in [-0.05, 0) is 40.6 Å². The Morgan fingerprint density at radius 2 is 1.70 bits per heavy atom. The van der Waals surface area contributed by atoms with Crippen molar-refractivity contribution < 1.29 is 14.6 Å². The zero-order chi connectivity index (χ0) is 16.2. The van der Waals surface area contributed by atoms with E-state index in [1.54, 1.807) is 6.07 Å². The molecule has 0 fully saturated rings. The molecule has 0 aliphatic heterocycles. The van der Waals surface area contributed by atoms with E-state index in [1.807, 2.05) is 60.7 Å². The summed E-state index contributed by atoms with van der Waals surface area (Å²) in [6.07, 6.45) is -0.604. The first-order valence-corrected chi connectivity index (χ1v) is 8.04. The van der Waals surface area contributed by atoms with Gasteiger partial charge < -0.3 is 9.84 Å². The maximum Gasteiger partial charge on any atom is 0.345 e. The first-order valence-electron chi connectivity index (χ1n) is 7.24. The highest BCUT2D eigenvalue weighted by Crippen LogP contribution is 2.22. The van der Waals surface area contributed by atoms with Gasteiger partial charge in [0.25, 0.3) is 0 Å². The molecule has 3 rings (SSSR count). The summed E-state index contributed by atoms with van der Waals surface area (Å²) < 4.78 is 6.67. The first kappa shape index (κ1) is 15.6. The number of aliphatic carboxylic acids is 1. The van der Waals surface area contributed by atoms with Crippen LogP contribution in [0.15, 0.2) is 71.2 Å². The fourth-order valence-electron chi connectivity index (χ4n) is 2.42. The quantitative estimate of drug-likeness (QED) is 0.709. The molecule has 23 heavy (non-hydrogen) atoms. The van der Waals surface area contributed by atoms with E-state index in [4.69, 9.17) is 4.74 Å². The number of fused-ring (bicyclic) bond motifs is 1. The van der Waals surface area contributed by atoms with Gasteiger partial charge >= 0.3 is 5.97 Å². The predicted molar refractivity (Wildman–Crippen MR) is 93.8 cm³/mol. The van der Waals surface area contributed by atoms with Gasteiger partial charge in [0, 0.05) is 10.9 Å². The number of hydrogen-bond acceptors (Lipinski definition) is 2. The van der Waals surface area contributed by atoms with Crippen molar-refractivity contribution in [2.24, 2.45) is 0 Å². The summed E-state index contributed by atoms with van der Waals surface area (Å²) in [5.74, 6) is -0.408. The fourth-order valence-corrected chi connectivity index (χ4v) is 2.68. The minimum absolute atomic E-state index is 0.315. The van der Waals surface area contributed by atoms with Gasteiger partial charge in [-0.1, -0.05) is 58.4 Å². The molecule has 3 aromatic carbocycles. The molecule has 0 aliphatic carbocycles. The van der Waals surface area contributed by atoms with E-state index < -0.39 is 12.1 Å². The molecule has 0 heterocycles. The molecule has 0 bridgehead atoms. The van der Waals surface area contributed by atoms with E-state index in [0.717, 1.165) is 20.8 Å². The summed E-state index contributed by atoms with van der Waals surface area (Å²) >= 11 is 3.37. The van der Waals surface area contributed by atoms with E-state index in [-0.39, 0.29) is 0 Å². The van der Waals surface area contributed by atoms with Crippen LogP contribution in [0.3, 0.4) is 0 Å². The summed E-state index contributed by atoms with van der Waals surface area (Å²) in [5.41, 5.74) is 0.918. The number of carboxylic acid groups (broad SMARTS) is 1. The summed E-state index contributed by atoms with van der Waals surface area (Å²) in [5, 5.41) is 11.6. The average molecular weight is 371 g/mol. The largest absolute Gasteiger partial charge is 0.478 e. The maximum atomic E-state index is 11.5. The number of rotatable bonds is 5. The lowest BCUT2D eigenvalue weighted by Crippen LogP contribution is -2.29. The maximum absolute atomic E-state index is 11.5. The van der Waals surface area contributed by atoms with Gasteiger partial charge in [0.15, 0.2) is 6.10 Å². The molecule has 0 unspecified atom stereocenters. The van der Waals surface area contributed by atoms with Crippen LogP contribution < -0.4 is 4.74 Å². The Morgan fingerprint density at radius 1 is 1.00 bits per heavy atom. The third-order valence-corrected chi connectivity index (χ3v) is 4.14. The number of carbonyl (C=O) groups is 1. The standard InChI is InChI=1S/C19H15BrO3/c20-16-8-5-13(6-9-16)11-18(19(21)22)23-17-10-7-14-3-1-2-4-15(14)12-17/h1-10,12,18H,11H2,(H,21,22)/t18-/m1/s1. The topological polar surface area (TPSA) is 46.5 Å². The van der Waals surface area contributed by atoms with Gasteiger partial charge in [-0.15, -0.1) is 0 Å². The van der Waals surface area contributed by atoms with Crippen molar-refractivity contribution in [3.05, 3.63) is 76.8 Å². The van der Waals surface area contributed by atoms with Crippen LogP contribution >= 0.6 is 15.9 Å².